The van der Waals surface area contributed by atoms with Crippen LogP contribution in [0.5, 0.6) is 5.75 Å². The Balaban J connectivity index is 1.97. The highest BCUT2D eigenvalue weighted by Gasteiger charge is 2.30. The second-order valence-corrected chi connectivity index (χ2v) is 8.98. The zero-order valence-corrected chi connectivity index (χ0v) is 19.3. The third kappa shape index (κ3) is 4.11. The molecule has 1 aliphatic heterocycles. The first-order chi connectivity index (χ1) is 13.2. The number of aromatic carboxylic acids is 1. The summed E-state index contributed by atoms with van der Waals surface area (Å²) in [5, 5.41) is 19.6. The van der Waals surface area contributed by atoms with Gasteiger partial charge in [0.15, 0.2) is 5.17 Å². The molecule has 1 fully saturated rings. The fourth-order valence-corrected chi connectivity index (χ4v) is 5.03. The number of hydrogen-bond acceptors (Lipinski definition) is 5. The van der Waals surface area contributed by atoms with Crippen LogP contribution in [0.2, 0.25) is 0 Å². The molecule has 28 heavy (non-hydrogen) atoms. The van der Waals surface area contributed by atoms with Gasteiger partial charge >= 0.3 is 5.97 Å². The van der Waals surface area contributed by atoms with Gasteiger partial charge in [-0.1, -0.05) is 6.07 Å². The number of nitrogens with zero attached hydrogens (tertiary/aromatic N) is 2. The van der Waals surface area contributed by atoms with Crippen molar-refractivity contribution in [2.24, 2.45) is 4.99 Å². The molecule has 0 unspecified atom stereocenters. The molecule has 0 aromatic heterocycles. The quantitative estimate of drug-likeness (QED) is 0.399. The van der Waals surface area contributed by atoms with E-state index in [4.69, 9.17) is 0 Å². The molecule has 0 saturated carbocycles. The summed E-state index contributed by atoms with van der Waals surface area (Å²) in [6.45, 7) is 1.69. The number of rotatable bonds is 3. The summed E-state index contributed by atoms with van der Waals surface area (Å²) < 4.78 is 1.21. The molecule has 2 N–H and O–H groups in total. The Bertz CT molecular complexity index is 1040. The molecule has 0 atom stereocenters. The lowest BCUT2D eigenvalue weighted by atomic mass is 10.1. The second-order valence-electron chi connectivity index (χ2n) is 5.96. The zero-order chi connectivity index (χ0) is 20.6. The third-order valence-electron chi connectivity index (χ3n) is 4.09. The number of benzene rings is 2. The van der Waals surface area contributed by atoms with Gasteiger partial charge in [-0.3, -0.25) is 9.69 Å². The normalized spacial score (nSPS) is 17.0. The molecule has 0 aliphatic carbocycles. The van der Waals surface area contributed by atoms with Gasteiger partial charge in [0.05, 0.1) is 24.2 Å². The number of phenolic OH excluding ortho intramolecular Hbond substituents is 1. The maximum absolute atomic E-state index is 12.6. The predicted molar refractivity (Wildman–Crippen MR) is 122 cm³/mol. The van der Waals surface area contributed by atoms with Crippen molar-refractivity contribution in [3.63, 3.8) is 0 Å². The molecule has 1 amide bonds. The Morgan fingerprint density at radius 1 is 1.36 bits per heavy atom. The molecule has 9 heteroatoms. The van der Waals surface area contributed by atoms with E-state index in [1.54, 1.807) is 44.3 Å². The van der Waals surface area contributed by atoms with Crippen LogP contribution in [0.25, 0.3) is 6.08 Å². The van der Waals surface area contributed by atoms with E-state index in [1.165, 1.54) is 22.7 Å². The van der Waals surface area contributed by atoms with Gasteiger partial charge in [-0.2, -0.15) is 0 Å². The van der Waals surface area contributed by atoms with E-state index < -0.39 is 5.97 Å². The van der Waals surface area contributed by atoms with Crippen LogP contribution >= 0.6 is 50.3 Å². The molecule has 144 valence electrons. The third-order valence-corrected chi connectivity index (χ3v) is 6.58. The first kappa shape index (κ1) is 20.9. The number of hydrogen-bond donors (Lipinski definition) is 2. The highest BCUT2D eigenvalue weighted by molar-refractivity contribution is 14.1. The minimum atomic E-state index is -1.02. The van der Waals surface area contributed by atoms with Crippen LogP contribution in [0.4, 0.5) is 5.69 Å². The number of aromatic hydroxyl groups is 1. The molecule has 6 nitrogen and oxygen atoms in total. The van der Waals surface area contributed by atoms with Gasteiger partial charge in [0, 0.05) is 7.05 Å². The van der Waals surface area contributed by atoms with E-state index in [0.29, 0.717) is 29.4 Å². The summed E-state index contributed by atoms with van der Waals surface area (Å²) in [5.74, 6) is -1.06. The van der Waals surface area contributed by atoms with Gasteiger partial charge in [0.1, 0.15) is 5.75 Å². The predicted octanol–water partition coefficient (Wildman–Crippen LogP) is 5.00. The van der Waals surface area contributed by atoms with E-state index in [-0.39, 0.29) is 17.2 Å². The zero-order valence-electron chi connectivity index (χ0n) is 14.7. The van der Waals surface area contributed by atoms with Crippen LogP contribution in [-0.2, 0) is 4.79 Å². The van der Waals surface area contributed by atoms with Gasteiger partial charge < -0.3 is 10.2 Å². The van der Waals surface area contributed by atoms with E-state index in [9.17, 15) is 19.8 Å². The highest BCUT2D eigenvalue weighted by atomic mass is 127. The number of carboxylic acid groups (broad SMARTS) is 1. The van der Waals surface area contributed by atoms with Crippen molar-refractivity contribution in [2.75, 3.05) is 7.05 Å². The molecule has 1 heterocycles. The average molecular weight is 573 g/mol. The number of phenols is 1. The van der Waals surface area contributed by atoms with Crippen LogP contribution in [0.1, 0.15) is 21.5 Å². The molecule has 2 aromatic rings. The van der Waals surface area contributed by atoms with Gasteiger partial charge in [-0.25, -0.2) is 9.79 Å². The van der Waals surface area contributed by atoms with Gasteiger partial charge in [-0.15, -0.1) is 0 Å². The largest absolute Gasteiger partial charge is 0.506 e. The number of carbonyl (C=O) groups is 2. The maximum Gasteiger partial charge on any atom is 0.336 e. The number of carboxylic acids is 1. The molecule has 0 bridgehead atoms. The number of aliphatic imine (C=N–C) groups is 1. The summed E-state index contributed by atoms with van der Waals surface area (Å²) in [4.78, 5) is 30.3. The van der Waals surface area contributed by atoms with Crippen molar-refractivity contribution in [3.8, 4) is 5.75 Å². The Kier molecular flexibility index (Phi) is 6.15. The van der Waals surface area contributed by atoms with E-state index in [2.05, 4.69) is 20.9 Å². The number of amides is 1. The van der Waals surface area contributed by atoms with Crippen LogP contribution in [0, 0.1) is 10.5 Å². The minimum absolute atomic E-state index is 0.154. The van der Waals surface area contributed by atoms with Crippen molar-refractivity contribution >= 4 is 79.1 Å². The summed E-state index contributed by atoms with van der Waals surface area (Å²) in [5.41, 5.74) is 1.99. The van der Waals surface area contributed by atoms with Crippen molar-refractivity contribution in [1.82, 2.24) is 4.90 Å². The summed E-state index contributed by atoms with van der Waals surface area (Å²) >= 11 is 6.53. The molecule has 0 spiro atoms. The second kappa shape index (κ2) is 8.26. The first-order valence-corrected chi connectivity index (χ1v) is 10.6. The average Bonchev–Trinajstić information content (AvgIpc) is 2.89. The molecular formula is C19H14BrIN2O4S. The highest BCUT2D eigenvalue weighted by Crippen LogP contribution is 2.36. The molecule has 0 radical (unpaired) electrons. The molecular weight excluding hydrogens is 559 g/mol. The van der Waals surface area contributed by atoms with Gasteiger partial charge in [-0.05, 0) is 98.7 Å². The number of carbonyl (C=O) groups excluding carboxylic acids is 1. The Morgan fingerprint density at radius 3 is 2.71 bits per heavy atom. The minimum Gasteiger partial charge on any atom is -0.506 e. The number of thioether (sulfide) groups is 1. The summed E-state index contributed by atoms with van der Waals surface area (Å²) in [6.07, 6.45) is 1.74. The Hall–Kier alpha value is -1.85. The van der Waals surface area contributed by atoms with Crippen LogP contribution < -0.4 is 0 Å². The number of amidine groups is 1. The summed E-state index contributed by atoms with van der Waals surface area (Å²) in [7, 11) is 1.63. The fraction of sp³-hybridized carbons (Fsp3) is 0.105. The van der Waals surface area contributed by atoms with Crippen molar-refractivity contribution < 1.29 is 19.8 Å². The number of halogens is 2. The van der Waals surface area contributed by atoms with Crippen LogP contribution in [0.3, 0.4) is 0 Å². The summed E-state index contributed by atoms with van der Waals surface area (Å²) in [6, 6.07) is 8.37. The molecule has 1 aliphatic rings. The van der Waals surface area contributed by atoms with Gasteiger partial charge in [0.25, 0.3) is 5.91 Å². The lowest BCUT2D eigenvalue weighted by Crippen LogP contribution is -2.23. The van der Waals surface area contributed by atoms with E-state index in [1.807, 2.05) is 22.6 Å². The van der Waals surface area contributed by atoms with E-state index in [0.717, 1.165) is 5.56 Å². The SMILES string of the molecule is Cc1c(N=C2S/C(=C\c3cc(Br)c(O)c(I)c3)C(=O)N2C)cccc1C(=O)O. The van der Waals surface area contributed by atoms with Crippen LogP contribution in [0.15, 0.2) is 44.7 Å². The maximum atomic E-state index is 12.6. The van der Waals surface area contributed by atoms with E-state index >= 15 is 0 Å². The van der Waals surface area contributed by atoms with Crippen molar-refractivity contribution in [1.29, 1.82) is 0 Å². The smallest absolute Gasteiger partial charge is 0.336 e. The van der Waals surface area contributed by atoms with Gasteiger partial charge in [0.2, 0.25) is 0 Å². The van der Waals surface area contributed by atoms with Crippen molar-refractivity contribution in [2.45, 2.75) is 6.92 Å². The lowest BCUT2D eigenvalue weighted by molar-refractivity contribution is -0.121. The standard InChI is InChI=1S/C19H14BrIN2O4S/c1-9-11(18(26)27)4-3-5-14(9)22-19-23(2)17(25)15(28-19)8-10-6-12(20)16(24)13(21)7-10/h3-8,24H,1-2H3,(H,26,27)/b15-8-,22-19?. The molecule has 2 aromatic carbocycles. The van der Waals surface area contributed by atoms with Crippen LogP contribution in [-0.4, -0.2) is 39.2 Å². The first-order valence-electron chi connectivity index (χ1n) is 7.96. The monoisotopic (exact) mass is 572 g/mol. The topological polar surface area (TPSA) is 90.2 Å². The Morgan fingerprint density at radius 2 is 2.07 bits per heavy atom. The lowest BCUT2D eigenvalue weighted by Gasteiger charge is -2.09. The molecule has 1 saturated heterocycles. The van der Waals surface area contributed by atoms with Crippen molar-refractivity contribution in [3.05, 3.63) is 60.0 Å². The molecule has 3 rings (SSSR count). The number of likely N-dealkylation sites (N-methyl/N-ethyl adjacent to an activating group) is 1. The Labute approximate surface area is 187 Å². The fourth-order valence-electron chi connectivity index (χ4n) is 2.55.